The van der Waals surface area contributed by atoms with Gasteiger partial charge < -0.3 is 5.32 Å². The van der Waals surface area contributed by atoms with Crippen LogP contribution in [0.2, 0.25) is 0 Å². The van der Waals surface area contributed by atoms with Crippen LogP contribution in [0.4, 0.5) is 0 Å². The Morgan fingerprint density at radius 3 is 2.93 bits per heavy atom. The molecular formula is C10H16BrNS2. The van der Waals surface area contributed by atoms with Crippen LogP contribution in [0.3, 0.4) is 0 Å². The van der Waals surface area contributed by atoms with Gasteiger partial charge in [-0.05, 0) is 46.6 Å². The number of thiophene rings is 1. The molecule has 1 aromatic rings. The van der Waals surface area contributed by atoms with Gasteiger partial charge in [0.1, 0.15) is 0 Å². The van der Waals surface area contributed by atoms with Crippen LogP contribution in [-0.2, 0) is 0 Å². The zero-order chi connectivity index (χ0) is 10.4. The van der Waals surface area contributed by atoms with E-state index in [2.05, 4.69) is 45.9 Å². The molecule has 0 aliphatic heterocycles. The van der Waals surface area contributed by atoms with Gasteiger partial charge in [-0.15, -0.1) is 11.3 Å². The second-order valence-corrected chi connectivity index (χ2v) is 5.81. The van der Waals surface area contributed by atoms with Gasteiger partial charge in [0.2, 0.25) is 0 Å². The predicted molar refractivity (Wildman–Crippen MR) is 71.4 cm³/mol. The molecule has 0 aliphatic rings. The van der Waals surface area contributed by atoms with Crippen LogP contribution in [0, 0.1) is 0 Å². The molecule has 80 valence electrons. The fourth-order valence-corrected chi connectivity index (χ4v) is 3.72. The van der Waals surface area contributed by atoms with Crippen molar-refractivity contribution in [3.63, 3.8) is 0 Å². The highest BCUT2D eigenvalue weighted by Crippen LogP contribution is 2.30. The van der Waals surface area contributed by atoms with Gasteiger partial charge in [0.15, 0.2) is 0 Å². The molecule has 0 radical (unpaired) electrons. The number of halogens is 1. The summed E-state index contributed by atoms with van der Waals surface area (Å²) in [5.41, 5.74) is 0. The van der Waals surface area contributed by atoms with E-state index in [1.54, 1.807) is 0 Å². The molecule has 0 saturated carbocycles. The van der Waals surface area contributed by atoms with E-state index in [4.69, 9.17) is 0 Å². The molecule has 0 fully saturated rings. The Balaban J connectivity index is 2.62. The van der Waals surface area contributed by atoms with Gasteiger partial charge in [-0.1, -0.05) is 6.92 Å². The molecule has 1 aromatic heterocycles. The summed E-state index contributed by atoms with van der Waals surface area (Å²) in [6.45, 7) is 3.29. The third-order valence-electron chi connectivity index (χ3n) is 1.94. The summed E-state index contributed by atoms with van der Waals surface area (Å²) < 4.78 is 1.24. The van der Waals surface area contributed by atoms with Gasteiger partial charge in [0.05, 0.1) is 6.04 Å². The lowest BCUT2D eigenvalue weighted by atomic mass is 10.2. The Hall–Kier alpha value is 0.490. The number of hydrogen-bond donors (Lipinski definition) is 1. The highest BCUT2D eigenvalue weighted by Gasteiger charge is 2.14. The smallest absolute Gasteiger partial charge is 0.0517 e. The number of hydrogen-bond acceptors (Lipinski definition) is 3. The zero-order valence-electron chi connectivity index (χ0n) is 8.55. The minimum atomic E-state index is 0.499. The summed E-state index contributed by atoms with van der Waals surface area (Å²) in [6, 6.07) is 2.63. The third-order valence-corrected chi connectivity index (χ3v) is 4.59. The molecule has 0 bridgehead atoms. The molecule has 0 spiro atoms. The van der Waals surface area contributed by atoms with Gasteiger partial charge in [-0.25, -0.2) is 0 Å². The van der Waals surface area contributed by atoms with Crippen molar-refractivity contribution in [2.45, 2.75) is 19.4 Å². The van der Waals surface area contributed by atoms with Gasteiger partial charge in [0.25, 0.3) is 0 Å². The molecule has 1 rings (SSSR count). The molecule has 1 atom stereocenters. The largest absolute Gasteiger partial charge is 0.309 e. The van der Waals surface area contributed by atoms with Crippen LogP contribution in [-0.4, -0.2) is 18.6 Å². The summed E-state index contributed by atoms with van der Waals surface area (Å²) in [5.74, 6) is 1.14. The minimum absolute atomic E-state index is 0.499. The Bertz CT molecular complexity index is 262. The number of nitrogens with one attached hydrogen (secondary N) is 1. The van der Waals surface area contributed by atoms with E-state index in [9.17, 15) is 0 Å². The lowest BCUT2D eigenvalue weighted by molar-refractivity contribution is 0.584. The fourth-order valence-electron chi connectivity index (χ4n) is 1.27. The average molecular weight is 294 g/mol. The first-order valence-corrected chi connectivity index (χ1v) is 7.81. The van der Waals surface area contributed by atoms with E-state index in [-0.39, 0.29) is 0 Å². The van der Waals surface area contributed by atoms with E-state index >= 15 is 0 Å². The first-order valence-electron chi connectivity index (χ1n) is 4.74. The van der Waals surface area contributed by atoms with E-state index in [1.165, 1.54) is 15.8 Å². The second-order valence-electron chi connectivity index (χ2n) is 3.09. The van der Waals surface area contributed by atoms with Gasteiger partial charge in [-0.3, -0.25) is 0 Å². The zero-order valence-corrected chi connectivity index (χ0v) is 11.8. The van der Waals surface area contributed by atoms with E-state index in [0.717, 1.165) is 12.3 Å². The molecule has 1 unspecified atom stereocenters. The standard InChI is InChI=1S/C10H16BrNS2/c1-3-5-12-9(7-13-2)10-8(11)4-6-14-10/h4,6,9,12H,3,5,7H2,1-2H3. The number of rotatable bonds is 6. The first kappa shape index (κ1) is 12.6. The Morgan fingerprint density at radius 1 is 1.64 bits per heavy atom. The second kappa shape index (κ2) is 6.88. The van der Waals surface area contributed by atoms with Crippen LogP contribution in [0.5, 0.6) is 0 Å². The maximum atomic E-state index is 3.59. The molecule has 0 saturated heterocycles. The van der Waals surface area contributed by atoms with Crippen molar-refractivity contribution in [3.05, 3.63) is 20.8 Å². The normalized spacial score (nSPS) is 13.1. The quantitative estimate of drug-likeness (QED) is 0.853. The van der Waals surface area contributed by atoms with Crippen molar-refractivity contribution in [2.75, 3.05) is 18.6 Å². The summed E-state index contributed by atoms with van der Waals surface area (Å²) in [7, 11) is 0. The van der Waals surface area contributed by atoms with Crippen LogP contribution >= 0.6 is 39.0 Å². The average Bonchev–Trinajstić information content (AvgIpc) is 2.59. The van der Waals surface area contributed by atoms with Crippen molar-refractivity contribution in [2.24, 2.45) is 0 Å². The Kier molecular flexibility index (Phi) is 6.17. The fraction of sp³-hybridized carbons (Fsp3) is 0.600. The minimum Gasteiger partial charge on any atom is -0.309 e. The highest BCUT2D eigenvalue weighted by molar-refractivity contribution is 9.10. The van der Waals surface area contributed by atoms with Gasteiger partial charge in [-0.2, -0.15) is 11.8 Å². The van der Waals surface area contributed by atoms with Gasteiger partial charge >= 0.3 is 0 Å². The molecule has 1 heterocycles. The van der Waals surface area contributed by atoms with Crippen LogP contribution < -0.4 is 5.32 Å². The topological polar surface area (TPSA) is 12.0 Å². The van der Waals surface area contributed by atoms with Crippen molar-refractivity contribution in [3.8, 4) is 0 Å². The summed E-state index contributed by atoms with van der Waals surface area (Å²) in [6.07, 6.45) is 3.34. The third kappa shape index (κ3) is 3.57. The SMILES string of the molecule is CCCNC(CSC)c1sccc1Br. The van der Waals surface area contributed by atoms with Crippen molar-refractivity contribution in [1.82, 2.24) is 5.32 Å². The Morgan fingerprint density at radius 2 is 2.43 bits per heavy atom. The molecule has 0 aliphatic carbocycles. The molecule has 4 heteroatoms. The first-order chi connectivity index (χ1) is 6.79. The van der Waals surface area contributed by atoms with Crippen molar-refractivity contribution < 1.29 is 0 Å². The molecular weight excluding hydrogens is 278 g/mol. The Labute approximate surface area is 103 Å². The maximum Gasteiger partial charge on any atom is 0.0517 e. The molecule has 1 nitrogen and oxygen atoms in total. The van der Waals surface area contributed by atoms with E-state index < -0.39 is 0 Å². The highest BCUT2D eigenvalue weighted by atomic mass is 79.9. The summed E-state index contributed by atoms with van der Waals surface area (Å²) in [5, 5.41) is 5.71. The molecule has 0 aromatic carbocycles. The monoisotopic (exact) mass is 293 g/mol. The number of thioether (sulfide) groups is 1. The molecule has 1 N–H and O–H groups in total. The summed E-state index contributed by atoms with van der Waals surface area (Å²) in [4.78, 5) is 1.42. The lowest BCUT2D eigenvalue weighted by Crippen LogP contribution is -2.23. The lowest BCUT2D eigenvalue weighted by Gasteiger charge is -2.16. The van der Waals surface area contributed by atoms with Gasteiger partial charge in [0, 0.05) is 15.1 Å². The van der Waals surface area contributed by atoms with Crippen LogP contribution in [0.15, 0.2) is 15.9 Å². The molecule has 0 amide bonds. The maximum absolute atomic E-state index is 3.59. The van der Waals surface area contributed by atoms with E-state index in [1.807, 2.05) is 23.1 Å². The van der Waals surface area contributed by atoms with Crippen LogP contribution in [0.1, 0.15) is 24.3 Å². The van der Waals surface area contributed by atoms with E-state index in [0.29, 0.717) is 6.04 Å². The summed E-state index contributed by atoms with van der Waals surface area (Å²) >= 11 is 7.31. The van der Waals surface area contributed by atoms with Crippen molar-refractivity contribution in [1.29, 1.82) is 0 Å². The molecule has 14 heavy (non-hydrogen) atoms. The predicted octanol–water partition coefficient (Wildman–Crippen LogP) is 3.91. The van der Waals surface area contributed by atoms with Crippen LogP contribution in [0.25, 0.3) is 0 Å². The van der Waals surface area contributed by atoms with Crippen molar-refractivity contribution >= 4 is 39.0 Å².